The zero-order valence-corrected chi connectivity index (χ0v) is 12.6. The van der Waals surface area contributed by atoms with E-state index in [9.17, 15) is 4.79 Å². The molecule has 0 aliphatic carbocycles. The first kappa shape index (κ1) is 17.9. The average molecular weight is 286 g/mol. The Hall–Kier alpha value is -1.10. The summed E-state index contributed by atoms with van der Waals surface area (Å²) >= 11 is 0. The van der Waals surface area contributed by atoms with Gasteiger partial charge < -0.3 is 16.0 Å². The third-order valence-corrected chi connectivity index (χ3v) is 2.68. The Labute approximate surface area is 121 Å². The second-order valence-corrected chi connectivity index (χ2v) is 4.88. The minimum Gasteiger partial charge on any atom is -0.351 e. The first-order valence-corrected chi connectivity index (χ1v) is 6.27. The zero-order valence-electron chi connectivity index (χ0n) is 11.8. The Bertz CT molecular complexity index is 370. The topological polar surface area (TPSA) is 58.4 Å². The molecular weight excluding hydrogens is 262 g/mol. The molecule has 19 heavy (non-hydrogen) atoms. The normalized spacial score (nSPS) is 13.5. The molecule has 0 spiro atoms. The molecule has 2 atom stereocenters. The Morgan fingerprint density at radius 3 is 2.42 bits per heavy atom. The molecule has 1 unspecified atom stereocenters. The number of nitrogens with one attached hydrogen (secondary N) is 1. The number of benzene rings is 1. The van der Waals surface area contributed by atoms with Crippen LogP contribution in [0.2, 0.25) is 0 Å². The van der Waals surface area contributed by atoms with Crippen LogP contribution >= 0.6 is 12.4 Å². The van der Waals surface area contributed by atoms with Crippen LogP contribution < -0.4 is 11.1 Å². The van der Waals surface area contributed by atoms with Crippen LogP contribution in [-0.2, 0) is 11.3 Å². The van der Waals surface area contributed by atoms with E-state index in [1.54, 1.807) is 6.92 Å². The highest BCUT2D eigenvalue weighted by atomic mass is 35.5. The van der Waals surface area contributed by atoms with Crippen LogP contribution in [0.4, 0.5) is 0 Å². The molecule has 0 aliphatic heterocycles. The van der Waals surface area contributed by atoms with Gasteiger partial charge in [-0.3, -0.25) is 4.79 Å². The quantitative estimate of drug-likeness (QED) is 0.830. The van der Waals surface area contributed by atoms with E-state index in [4.69, 9.17) is 5.73 Å². The summed E-state index contributed by atoms with van der Waals surface area (Å²) in [6.07, 6.45) is 0. The molecule has 0 fully saturated rings. The van der Waals surface area contributed by atoms with Crippen molar-refractivity contribution in [2.24, 2.45) is 5.73 Å². The van der Waals surface area contributed by atoms with E-state index in [1.807, 2.05) is 32.2 Å². The lowest BCUT2D eigenvalue weighted by Gasteiger charge is -2.22. The fraction of sp³-hybridized carbons (Fsp3) is 0.500. The third kappa shape index (κ3) is 7.15. The Morgan fingerprint density at radius 2 is 1.89 bits per heavy atom. The zero-order chi connectivity index (χ0) is 13.5. The van der Waals surface area contributed by atoms with Crippen molar-refractivity contribution in [2.75, 3.05) is 13.6 Å². The molecule has 1 rings (SSSR count). The number of nitrogens with zero attached hydrogens (tertiary/aromatic N) is 1. The third-order valence-electron chi connectivity index (χ3n) is 2.68. The van der Waals surface area contributed by atoms with Crippen molar-refractivity contribution in [3.8, 4) is 0 Å². The molecule has 0 bridgehead atoms. The van der Waals surface area contributed by atoms with Crippen molar-refractivity contribution >= 4 is 18.3 Å². The number of amides is 1. The van der Waals surface area contributed by atoms with Crippen LogP contribution in [0, 0.1) is 0 Å². The van der Waals surface area contributed by atoms with Crippen LogP contribution in [0.1, 0.15) is 19.4 Å². The molecule has 5 heteroatoms. The van der Waals surface area contributed by atoms with Gasteiger partial charge in [-0.1, -0.05) is 30.3 Å². The maximum Gasteiger partial charge on any atom is 0.236 e. The van der Waals surface area contributed by atoms with Crippen LogP contribution in [0.5, 0.6) is 0 Å². The summed E-state index contributed by atoms with van der Waals surface area (Å²) in [5.41, 5.74) is 6.78. The summed E-state index contributed by atoms with van der Waals surface area (Å²) in [4.78, 5) is 13.6. The smallest absolute Gasteiger partial charge is 0.236 e. The summed E-state index contributed by atoms with van der Waals surface area (Å²) < 4.78 is 0. The number of carbonyl (C=O) groups excluding carboxylic acids is 1. The maximum absolute atomic E-state index is 11.4. The van der Waals surface area contributed by atoms with E-state index in [-0.39, 0.29) is 24.4 Å². The first-order chi connectivity index (χ1) is 8.49. The van der Waals surface area contributed by atoms with Crippen molar-refractivity contribution in [3.63, 3.8) is 0 Å². The number of hydrogen-bond donors (Lipinski definition) is 2. The van der Waals surface area contributed by atoms with Crippen molar-refractivity contribution in [2.45, 2.75) is 32.5 Å². The van der Waals surface area contributed by atoms with E-state index in [0.29, 0.717) is 0 Å². The second kappa shape index (κ2) is 8.91. The SMILES string of the molecule is CC(CN(C)Cc1ccccc1)NC(=O)[C@@H](C)N.Cl. The van der Waals surface area contributed by atoms with E-state index in [1.165, 1.54) is 5.56 Å². The standard InChI is InChI=1S/C14H23N3O.ClH/c1-11(16-14(18)12(2)15)9-17(3)10-13-7-5-4-6-8-13;/h4-8,11-12H,9-10,15H2,1-3H3,(H,16,18);1H/t11?,12-;/m1./s1. The molecule has 0 aliphatic rings. The lowest BCUT2D eigenvalue weighted by molar-refractivity contribution is -0.122. The van der Waals surface area contributed by atoms with Crippen LogP contribution in [0.15, 0.2) is 30.3 Å². The molecule has 4 nitrogen and oxygen atoms in total. The molecule has 0 saturated heterocycles. The maximum atomic E-state index is 11.4. The van der Waals surface area contributed by atoms with Crippen LogP contribution in [-0.4, -0.2) is 36.5 Å². The van der Waals surface area contributed by atoms with Gasteiger partial charge in [0.1, 0.15) is 0 Å². The molecule has 3 N–H and O–H groups in total. The fourth-order valence-electron chi connectivity index (χ4n) is 1.85. The minimum absolute atomic E-state index is 0. The molecule has 1 amide bonds. The highest BCUT2D eigenvalue weighted by Crippen LogP contribution is 2.03. The molecule has 0 heterocycles. The van der Waals surface area contributed by atoms with Gasteiger partial charge >= 0.3 is 0 Å². The summed E-state index contributed by atoms with van der Waals surface area (Å²) in [6, 6.07) is 9.91. The Kier molecular flexibility index (Phi) is 8.39. The van der Waals surface area contributed by atoms with Crippen LogP contribution in [0.3, 0.4) is 0 Å². The number of carbonyl (C=O) groups is 1. The largest absolute Gasteiger partial charge is 0.351 e. The molecule has 1 aromatic rings. The van der Waals surface area contributed by atoms with Crippen molar-refractivity contribution in [1.29, 1.82) is 0 Å². The molecular formula is C14H24ClN3O. The fourth-order valence-corrected chi connectivity index (χ4v) is 1.85. The number of likely N-dealkylation sites (N-methyl/N-ethyl adjacent to an activating group) is 1. The molecule has 0 saturated carbocycles. The predicted molar refractivity (Wildman–Crippen MR) is 81.3 cm³/mol. The van der Waals surface area contributed by atoms with Crippen LogP contribution in [0.25, 0.3) is 0 Å². The summed E-state index contributed by atoms with van der Waals surface area (Å²) in [5.74, 6) is -0.101. The summed E-state index contributed by atoms with van der Waals surface area (Å²) in [5, 5.41) is 2.89. The van der Waals surface area contributed by atoms with Gasteiger partial charge in [-0.15, -0.1) is 12.4 Å². The second-order valence-electron chi connectivity index (χ2n) is 4.88. The van der Waals surface area contributed by atoms with E-state index in [0.717, 1.165) is 13.1 Å². The van der Waals surface area contributed by atoms with Crippen molar-refractivity contribution in [1.82, 2.24) is 10.2 Å². The van der Waals surface area contributed by atoms with E-state index >= 15 is 0 Å². The Morgan fingerprint density at radius 1 is 1.32 bits per heavy atom. The van der Waals surface area contributed by atoms with E-state index < -0.39 is 6.04 Å². The highest BCUT2D eigenvalue weighted by molar-refractivity contribution is 5.85. The lowest BCUT2D eigenvalue weighted by Crippen LogP contribution is -2.46. The average Bonchev–Trinajstić information content (AvgIpc) is 2.29. The molecule has 0 aromatic heterocycles. The van der Waals surface area contributed by atoms with Gasteiger partial charge in [0.05, 0.1) is 6.04 Å². The first-order valence-electron chi connectivity index (χ1n) is 6.27. The van der Waals surface area contributed by atoms with Gasteiger partial charge in [0.2, 0.25) is 5.91 Å². The monoisotopic (exact) mass is 285 g/mol. The predicted octanol–water partition coefficient (Wildman–Crippen LogP) is 1.39. The number of nitrogens with two attached hydrogens (primary N) is 1. The van der Waals surface area contributed by atoms with Gasteiger partial charge in [0, 0.05) is 19.1 Å². The van der Waals surface area contributed by atoms with Gasteiger partial charge in [-0.05, 0) is 26.5 Å². The Balaban J connectivity index is 0.00000324. The minimum atomic E-state index is -0.452. The number of hydrogen-bond acceptors (Lipinski definition) is 3. The van der Waals surface area contributed by atoms with Gasteiger partial charge in [-0.25, -0.2) is 0 Å². The van der Waals surface area contributed by atoms with Gasteiger partial charge in [0.25, 0.3) is 0 Å². The van der Waals surface area contributed by atoms with Gasteiger partial charge in [-0.2, -0.15) is 0 Å². The van der Waals surface area contributed by atoms with Gasteiger partial charge in [0.15, 0.2) is 0 Å². The van der Waals surface area contributed by atoms with Crippen molar-refractivity contribution < 1.29 is 4.79 Å². The highest BCUT2D eigenvalue weighted by Gasteiger charge is 2.12. The molecule has 108 valence electrons. The summed E-state index contributed by atoms with van der Waals surface area (Å²) in [6.45, 7) is 5.35. The summed E-state index contributed by atoms with van der Waals surface area (Å²) in [7, 11) is 2.04. The molecule has 0 radical (unpaired) electrons. The lowest BCUT2D eigenvalue weighted by atomic mass is 10.2. The molecule has 1 aromatic carbocycles. The van der Waals surface area contributed by atoms with E-state index in [2.05, 4.69) is 22.3 Å². The number of rotatable bonds is 6. The van der Waals surface area contributed by atoms with Crippen molar-refractivity contribution in [3.05, 3.63) is 35.9 Å². The number of halogens is 1.